The highest BCUT2D eigenvalue weighted by atomic mass is 15.3. The molecule has 0 fully saturated rings. The summed E-state index contributed by atoms with van der Waals surface area (Å²) in [7, 11) is 0. The second kappa shape index (κ2) is 3.02. The third kappa shape index (κ3) is 1.12. The predicted molar refractivity (Wildman–Crippen MR) is 47.7 cm³/mol. The first-order valence-corrected chi connectivity index (χ1v) is 4.39. The molecule has 0 amide bonds. The molecule has 0 bridgehead atoms. The summed E-state index contributed by atoms with van der Waals surface area (Å²) in [5.74, 6) is 2.62. The van der Waals surface area contributed by atoms with Crippen molar-refractivity contribution < 1.29 is 0 Å². The quantitative estimate of drug-likeness (QED) is 0.568. The van der Waals surface area contributed by atoms with Gasteiger partial charge in [0.2, 0.25) is 0 Å². The van der Waals surface area contributed by atoms with Crippen LogP contribution in [0, 0.1) is 12.3 Å². The molecule has 0 aromatic carbocycles. The smallest absolute Gasteiger partial charge is 0.102 e. The largest absolute Gasteiger partial charge is 0.257 e. The first kappa shape index (κ1) is 7.42. The van der Waals surface area contributed by atoms with E-state index in [0.717, 1.165) is 6.42 Å². The predicted octanol–water partition coefficient (Wildman–Crippen LogP) is 1.40. The van der Waals surface area contributed by atoms with Crippen molar-refractivity contribution in [3.63, 3.8) is 0 Å². The fourth-order valence-corrected chi connectivity index (χ4v) is 1.78. The van der Waals surface area contributed by atoms with E-state index in [2.05, 4.69) is 11.0 Å². The van der Waals surface area contributed by atoms with Crippen LogP contribution in [0.5, 0.6) is 0 Å². The molecular weight excluding hydrogens is 148 g/mol. The number of fused-ring (bicyclic) bond motifs is 1. The molecule has 62 valence electrons. The summed E-state index contributed by atoms with van der Waals surface area (Å²) < 4.78 is 1.95. The van der Waals surface area contributed by atoms with E-state index in [1.807, 2.05) is 10.9 Å². The summed E-state index contributed by atoms with van der Waals surface area (Å²) >= 11 is 0. The summed E-state index contributed by atoms with van der Waals surface area (Å²) in [5.41, 5.74) is 2.76. The Morgan fingerprint density at radius 3 is 3.17 bits per heavy atom. The maximum absolute atomic E-state index is 5.24. The minimum atomic E-state index is 0.620. The molecule has 2 rings (SSSR count). The molecule has 0 radical (unpaired) electrons. The molecule has 0 saturated heterocycles. The SMILES string of the molecule is C#CCn1ncc2c1CCCC2. The van der Waals surface area contributed by atoms with E-state index in [4.69, 9.17) is 6.42 Å². The Morgan fingerprint density at radius 1 is 1.50 bits per heavy atom. The molecule has 2 heteroatoms. The van der Waals surface area contributed by atoms with Gasteiger partial charge in [0, 0.05) is 5.69 Å². The second-order valence-corrected chi connectivity index (χ2v) is 3.19. The molecule has 1 aromatic rings. The second-order valence-electron chi connectivity index (χ2n) is 3.19. The van der Waals surface area contributed by atoms with E-state index in [0.29, 0.717) is 6.54 Å². The van der Waals surface area contributed by atoms with E-state index >= 15 is 0 Å². The van der Waals surface area contributed by atoms with Crippen molar-refractivity contribution in [2.24, 2.45) is 0 Å². The van der Waals surface area contributed by atoms with Gasteiger partial charge in [-0.2, -0.15) is 5.10 Å². The lowest BCUT2D eigenvalue weighted by Crippen LogP contribution is -2.08. The minimum absolute atomic E-state index is 0.620. The molecule has 0 aliphatic heterocycles. The lowest BCUT2D eigenvalue weighted by Gasteiger charge is -2.11. The van der Waals surface area contributed by atoms with E-state index in [9.17, 15) is 0 Å². The Balaban J connectivity index is 2.33. The molecular formula is C10H12N2. The topological polar surface area (TPSA) is 17.8 Å². The average Bonchev–Trinajstić information content (AvgIpc) is 2.50. The van der Waals surface area contributed by atoms with E-state index in [1.54, 1.807) is 0 Å². The van der Waals surface area contributed by atoms with Crippen molar-refractivity contribution in [1.82, 2.24) is 9.78 Å². The number of rotatable bonds is 1. The van der Waals surface area contributed by atoms with Gasteiger partial charge >= 0.3 is 0 Å². The Bertz CT molecular complexity index is 317. The van der Waals surface area contributed by atoms with E-state index < -0.39 is 0 Å². The van der Waals surface area contributed by atoms with Crippen LogP contribution in [-0.2, 0) is 19.4 Å². The van der Waals surface area contributed by atoms with Gasteiger partial charge in [0.1, 0.15) is 6.54 Å². The Morgan fingerprint density at radius 2 is 2.33 bits per heavy atom. The van der Waals surface area contributed by atoms with Gasteiger partial charge in [-0.3, -0.25) is 4.68 Å². The van der Waals surface area contributed by atoms with Crippen LogP contribution in [0.2, 0.25) is 0 Å². The van der Waals surface area contributed by atoms with Gasteiger partial charge in [-0.25, -0.2) is 0 Å². The van der Waals surface area contributed by atoms with Gasteiger partial charge in [0.05, 0.1) is 6.20 Å². The first-order valence-electron chi connectivity index (χ1n) is 4.39. The fourth-order valence-electron chi connectivity index (χ4n) is 1.78. The average molecular weight is 160 g/mol. The van der Waals surface area contributed by atoms with Crippen LogP contribution in [-0.4, -0.2) is 9.78 Å². The van der Waals surface area contributed by atoms with Crippen molar-refractivity contribution in [2.45, 2.75) is 32.2 Å². The Labute approximate surface area is 72.6 Å². The summed E-state index contributed by atoms with van der Waals surface area (Å²) in [6, 6.07) is 0. The molecule has 1 aliphatic rings. The number of hydrogen-bond acceptors (Lipinski definition) is 1. The van der Waals surface area contributed by atoms with Crippen LogP contribution in [0.3, 0.4) is 0 Å². The van der Waals surface area contributed by atoms with Gasteiger partial charge in [0.15, 0.2) is 0 Å². The summed E-state index contributed by atoms with van der Waals surface area (Å²) in [4.78, 5) is 0. The van der Waals surface area contributed by atoms with Gasteiger partial charge in [-0.1, -0.05) is 5.92 Å². The molecule has 0 saturated carbocycles. The standard InChI is InChI=1S/C10H12N2/c1-2-7-12-10-6-4-3-5-9(10)8-11-12/h1,8H,3-7H2. The highest BCUT2D eigenvalue weighted by Gasteiger charge is 2.13. The van der Waals surface area contributed by atoms with Crippen LogP contribution >= 0.6 is 0 Å². The molecule has 1 heterocycles. The maximum atomic E-state index is 5.24. The zero-order valence-electron chi connectivity index (χ0n) is 7.08. The van der Waals surface area contributed by atoms with Crippen molar-refractivity contribution in [1.29, 1.82) is 0 Å². The lowest BCUT2D eigenvalue weighted by atomic mass is 9.98. The molecule has 0 N–H and O–H groups in total. The highest BCUT2D eigenvalue weighted by Crippen LogP contribution is 2.20. The molecule has 0 unspecified atom stereocenters. The monoisotopic (exact) mass is 160 g/mol. The number of nitrogens with zero attached hydrogens (tertiary/aromatic N) is 2. The summed E-state index contributed by atoms with van der Waals surface area (Å²) in [5, 5.41) is 4.26. The molecule has 1 aliphatic carbocycles. The normalized spacial score (nSPS) is 15.2. The summed E-state index contributed by atoms with van der Waals surface area (Å²) in [6.07, 6.45) is 12.1. The van der Waals surface area contributed by atoms with Crippen molar-refractivity contribution in [2.75, 3.05) is 0 Å². The molecule has 0 atom stereocenters. The maximum Gasteiger partial charge on any atom is 0.102 e. The van der Waals surface area contributed by atoms with Crippen molar-refractivity contribution in [3.05, 3.63) is 17.5 Å². The van der Waals surface area contributed by atoms with Crippen LogP contribution in [0.1, 0.15) is 24.1 Å². The van der Waals surface area contributed by atoms with Crippen LogP contribution < -0.4 is 0 Å². The molecule has 12 heavy (non-hydrogen) atoms. The van der Waals surface area contributed by atoms with Crippen LogP contribution in [0.4, 0.5) is 0 Å². The third-order valence-corrected chi connectivity index (χ3v) is 2.39. The van der Waals surface area contributed by atoms with Gasteiger partial charge < -0.3 is 0 Å². The number of terminal acetylenes is 1. The first-order chi connectivity index (χ1) is 5.92. The molecule has 2 nitrogen and oxygen atoms in total. The number of aryl methyl sites for hydroxylation is 1. The Kier molecular flexibility index (Phi) is 1.87. The lowest BCUT2D eigenvalue weighted by molar-refractivity contribution is 0.607. The van der Waals surface area contributed by atoms with Crippen molar-refractivity contribution >= 4 is 0 Å². The van der Waals surface area contributed by atoms with Crippen LogP contribution in [0.15, 0.2) is 6.20 Å². The number of hydrogen-bond donors (Lipinski definition) is 0. The fraction of sp³-hybridized carbons (Fsp3) is 0.500. The van der Waals surface area contributed by atoms with E-state index in [1.165, 1.54) is 30.5 Å². The zero-order chi connectivity index (χ0) is 8.39. The molecule has 1 aromatic heterocycles. The van der Waals surface area contributed by atoms with E-state index in [-0.39, 0.29) is 0 Å². The summed E-state index contributed by atoms with van der Waals surface area (Å²) in [6.45, 7) is 0.620. The zero-order valence-corrected chi connectivity index (χ0v) is 7.08. The Hall–Kier alpha value is -1.23. The van der Waals surface area contributed by atoms with Gasteiger partial charge in [-0.05, 0) is 31.2 Å². The third-order valence-electron chi connectivity index (χ3n) is 2.39. The van der Waals surface area contributed by atoms with Gasteiger partial charge in [0.25, 0.3) is 0 Å². The van der Waals surface area contributed by atoms with Gasteiger partial charge in [-0.15, -0.1) is 6.42 Å². The molecule has 0 spiro atoms. The number of aromatic nitrogens is 2. The van der Waals surface area contributed by atoms with Crippen molar-refractivity contribution in [3.8, 4) is 12.3 Å². The highest BCUT2D eigenvalue weighted by molar-refractivity contribution is 5.21. The minimum Gasteiger partial charge on any atom is -0.257 e. The van der Waals surface area contributed by atoms with Crippen LogP contribution in [0.25, 0.3) is 0 Å².